The van der Waals surface area contributed by atoms with Crippen LogP contribution >= 0.6 is 0 Å². The fraction of sp³-hybridized carbons (Fsp3) is 0.286. The van der Waals surface area contributed by atoms with Crippen LogP contribution < -0.4 is 10.1 Å². The van der Waals surface area contributed by atoms with Crippen LogP contribution in [0, 0.1) is 6.92 Å². The first-order valence-electron chi connectivity index (χ1n) is 8.96. The molecule has 1 saturated heterocycles. The molecule has 1 aliphatic rings. The van der Waals surface area contributed by atoms with Crippen molar-refractivity contribution in [1.82, 2.24) is 10.2 Å². The number of nitrogens with one attached hydrogen (secondary N) is 1. The van der Waals surface area contributed by atoms with Crippen LogP contribution in [0.2, 0.25) is 0 Å². The van der Waals surface area contributed by atoms with Gasteiger partial charge in [-0.15, -0.1) is 0 Å². The first kappa shape index (κ1) is 18.9. The molecule has 0 bridgehead atoms. The molecule has 2 aromatic rings. The average molecular weight is 367 g/mol. The molecule has 27 heavy (non-hydrogen) atoms. The van der Waals surface area contributed by atoms with Gasteiger partial charge in [-0.25, -0.2) is 14.8 Å². The van der Waals surface area contributed by atoms with E-state index in [-0.39, 0.29) is 13.5 Å². The Hall–Kier alpha value is -2.83. The molecule has 0 atom stereocenters. The summed E-state index contributed by atoms with van der Waals surface area (Å²) < 4.78 is 5.62. The van der Waals surface area contributed by atoms with Crippen LogP contribution in [-0.2, 0) is 16.3 Å². The summed E-state index contributed by atoms with van der Waals surface area (Å²) in [5, 5.41) is 3.16. The van der Waals surface area contributed by atoms with E-state index < -0.39 is 0 Å². The van der Waals surface area contributed by atoms with Gasteiger partial charge in [0.05, 0.1) is 12.3 Å². The second-order valence-corrected chi connectivity index (χ2v) is 6.16. The van der Waals surface area contributed by atoms with Crippen molar-refractivity contribution >= 4 is 17.7 Å². The summed E-state index contributed by atoms with van der Waals surface area (Å²) in [5.41, 5.74) is 4.10. The number of ether oxygens (including phenoxy) is 1. The third-order valence-corrected chi connectivity index (χ3v) is 4.12. The molecule has 0 amide bonds. The van der Waals surface area contributed by atoms with Crippen LogP contribution in [0.25, 0.3) is 6.08 Å². The highest BCUT2D eigenvalue weighted by molar-refractivity contribution is 5.83. The van der Waals surface area contributed by atoms with Crippen molar-refractivity contribution in [1.29, 1.82) is 0 Å². The lowest BCUT2D eigenvalue weighted by atomic mass is 10.1. The zero-order valence-electron chi connectivity index (χ0n) is 15.8. The second-order valence-electron chi connectivity index (χ2n) is 6.16. The Morgan fingerprint density at radius 1 is 1.22 bits per heavy atom. The molecule has 142 valence electrons. The SMILES string of the molecule is C=Cc1cc(/N=C2\NCOOCN2Cc2ccc(C)cc2)ccc1OCC. The molecule has 0 unspecified atom stereocenters. The van der Waals surface area contributed by atoms with Crippen LogP contribution in [0.5, 0.6) is 5.75 Å². The summed E-state index contributed by atoms with van der Waals surface area (Å²) in [7, 11) is 0. The summed E-state index contributed by atoms with van der Waals surface area (Å²) >= 11 is 0. The minimum atomic E-state index is 0.231. The second kappa shape index (κ2) is 9.21. The maximum atomic E-state index is 5.62. The lowest BCUT2D eigenvalue weighted by Gasteiger charge is -2.22. The van der Waals surface area contributed by atoms with Gasteiger partial charge in [-0.2, -0.15) is 0 Å². The van der Waals surface area contributed by atoms with Crippen molar-refractivity contribution in [3.63, 3.8) is 0 Å². The fourth-order valence-corrected chi connectivity index (χ4v) is 2.73. The maximum absolute atomic E-state index is 5.62. The Morgan fingerprint density at radius 2 is 2.04 bits per heavy atom. The van der Waals surface area contributed by atoms with Gasteiger partial charge in [-0.3, -0.25) is 0 Å². The predicted molar refractivity (Wildman–Crippen MR) is 107 cm³/mol. The van der Waals surface area contributed by atoms with Crippen molar-refractivity contribution in [3.8, 4) is 5.75 Å². The van der Waals surface area contributed by atoms with Gasteiger partial charge in [0.2, 0.25) is 5.96 Å². The van der Waals surface area contributed by atoms with Gasteiger partial charge in [0.15, 0.2) is 13.5 Å². The van der Waals surface area contributed by atoms with E-state index in [0.29, 0.717) is 19.1 Å². The summed E-state index contributed by atoms with van der Waals surface area (Å²) in [5.74, 6) is 1.49. The summed E-state index contributed by atoms with van der Waals surface area (Å²) in [6, 6.07) is 14.2. The summed E-state index contributed by atoms with van der Waals surface area (Å²) in [4.78, 5) is 17.0. The molecular weight excluding hydrogens is 342 g/mol. The highest BCUT2D eigenvalue weighted by Crippen LogP contribution is 2.26. The van der Waals surface area contributed by atoms with E-state index in [9.17, 15) is 0 Å². The van der Waals surface area contributed by atoms with Gasteiger partial charge in [-0.1, -0.05) is 42.5 Å². The molecule has 6 nitrogen and oxygen atoms in total. The topological polar surface area (TPSA) is 55.3 Å². The van der Waals surface area contributed by atoms with Crippen LogP contribution in [0.4, 0.5) is 5.69 Å². The van der Waals surface area contributed by atoms with Crippen molar-refractivity contribution in [2.75, 3.05) is 20.1 Å². The predicted octanol–water partition coefficient (Wildman–Crippen LogP) is 3.99. The number of aliphatic imine (C=N–C) groups is 1. The van der Waals surface area contributed by atoms with Crippen LogP contribution in [0.1, 0.15) is 23.6 Å². The molecule has 1 N–H and O–H groups in total. The monoisotopic (exact) mass is 367 g/mol. The van der Waals surface area contributed by atoms with Crippen molar-refractivity contribution in [3.05, 3.63) is 65.7 Å². The van der Waals surface area contributed by atoms with Gasteiger partial charge in [0, 0.05) is 12.1 Å². The van der Waals surface area contributed by atoms with E-state index in [1.807, 2.05) is 30.0 Å². The molecule has 1 aliphatic heterocycles. The van der Waals surface area contributed by atoms with Crippen LogP contribution in [-0.4, -0.2) is 30.9 Å². The molecular formula is C21H25N3O3. The zero-order valence-corrected chi connectivity index (χ0v) is 15.8. The Labute approximate surface area is 160 Å². The Kier molecular flexibility index (Phi) is 6.46. The quantitative estimate of drug-likeness (QED) is 0.783. The lowest BCUT2D eigenvalue weighted by Crippen LogP contribution is -2.39. The largest absolute Gasteiger partial charge is 0.493 e. The molecule has 1 fully saturated rings. The first-order valence-corrected chi connectivity index (χ1v) is 8.96. The lowest BCUT2D eigenvalue weighted by molar-refractivity contribution is -0.305. The smallest absolute Gasteiger partial charge is 0.203 e. The highest BCUT2D eigenvalue weighted by Gasteiger charge is 2.16. The minimum absolute atomic E-state index is 0.231. The Bertz CT molecular complexity index is 803. The Balaban J connectivity index is 1.85. The number of guanidine groups is 1. The number of hydrogen-bond acceptors (Lipinski definition) is 4. The van der Waals surface area contributed by atoms with Crippen molar-refractivity contribution in [2.45, 2.75) is 20.4 Å². The molecule has 0 aromatic heterocycles. The van der Waals surface area contributed by atoms with Gasteiger partial charge >= 0.3 is 0 Å². The zero-order chi connectivity index (χ0) is 19.1. The molecule has 1 heterocycles. The molecule has 2 aromatic carbocycles. The van der Waals surface area contributed by atoms with E-state index in [2.05, 4.69) is 43.1 Å². The van der Waals surface area contributed by atoms with Gasteiger partial charge in [0.1, 0.15) is 5.75 Å². The van der Waals surface area contributed by atoms with Crippen LogP contribution in [0.15, 0.2) is 54.0 Å². The number of benzene rings is 2. The molecule has 0 spiro atoms. The van der Waals surface area contributed by atoms with Crippen molar-refractivity contribution in [2.24, 2.45) is 4.99 Å². The van der Waals surface area contributed by atoms with Gasteiger partial charge < -0.3 is 15.0 Å². The highest BCUT2D eigenvalue weighted by atomic mass is 17.2. The Morgan fingerprint density at radius 3 is 2.78 bits per heavy atom. The third kappa shape index (κ3) is 5.09. The number of rotatable bonds is 6. The third-order valence-electron chi connectivity index (χ3n) is 4.12. The fourth-order valence-electron chi connectivity index (χ4n) is 2.73. The summed E-state index contributed by atoms with van der Waals surface area (Å²) in [6.07, 6.45) is 1.77. The van der Waals surface area contributed by atoms with Crippen molar-refractivity contribution < 1.29 is 14.5 Å². The minimum Gasteiger partial charge on any atom is -0.493 e. The number of nitrogens with zero attached hydrogens (tertiary/aromatic N) is 2. The molecule has 0 saturated carbocycles. The standard InChI is InChI=1S/C21H25N3O3/c1-4-18-12-19(10-11-20(18)25-5-2)23-21-22-14-26-27-15-24(21)13-17-8-6-16(3)7-9-17/h4,6-12H,1,5,13-15H2,2-3H3,(H,22,23). The normalized spacial score (nSPS) is 15.9. The van der Waals surface area contributed by atoms with Gasteiger partial charge in [-0.05, 0) is 37.6 Å². The summed E-state index contributed by atoms with van der Waals surface area (Å²) in [6.45, 7) is 9.67. The van der Waals surface area contributed by atoms with E-state index in [4.69, 9.17) is 19.5 Å². The van der Waals surface area contributed by atoms with E-state index >= 15 is 0 Å². The van der Waals surface area contributed by atoms with E-state index in [1.54, 1.807) is 6.08 Å². The molecule has 0 aliphatic carbocycles. The van der Waals surface area contributed by atoms with Gasteiger partial charge in [0.25, 0.3) is 0 Å². The van der Waals surface area contributed by atoms with Crippen LogP contribution in [0.3, 0.4) is 0 Å². The first-order chi connectivity index (χ1) is 13.2. The van der Waals surface area contributed by atoms with E-state index in [0.717, 1.165) is 17.0 Å². The molecule has 0 radical (unpaired) electrons. The number of aryl methyl sites for hydroxylation is 1. The van der Waals surface area contributed by atoms with E-state index in [1.165, 1.54) is 11.1 Å². The maximum Gasteiger partial charge on any atom is 0.203 e. The molecule has 6 heteroatoms. The average Bonchev–Trinajstić information content (AvgIpc) is 2.90. The number of hydrogen-bond donors (Lipinski definition) is 1. The molecule has 3 rings (SSSR count).